The van der Waals surface area contributed by atoms with Crippen LogP contribution in [0, 0.1) is 0 Å². The van der Waals surface area contributed by atoms with Crippen LogP contribution in [-0.2, 0) is 16.9 Å². The minimum Gasteiger partial charge on any atom is -0.381 e. The van der Waals surface area contributed by atoms with Gasteiger partial charge < -0.3 is 14.8 Å². The number of rotatable bonds is 2. The molecule has 0 amide bonds. The summed E-state index contributed by atoms with van der Waals surface area (Å²) < 4.78 is 6.22. The van der Waals surface area contributed by atoms with Crippen molar-refractivity contribution in [2.45, 2.75) is 25.6 Å². The van der Waals surface area contributed by atoms with Crippen molar-refractivity contribution in [2.75, 3.05) is 6.61 Å². The highest BCUT2D eigenvalue weighted by Gasteiger charge is 2.36. The van der Waals surface area contributed by atoms with Crippen LogP contribution in [0.4, 0.5) is 0 Å². The number of fused-ring (bicyclic) bond motifs is 3. The van der Waals surface area contributed by atoms with Crippen LogP contribution in [0.3, 0.4) is 0 Å². The molecule has 0 bridgehead atoms. The lowest BCUT2D eigenvalue weighted by atomic mass is 9.90. The van der Waals surface area contributed by atoms with E-state index in [1.165, 1.54) is 11.3 Å². The smallest absolute Gasteiger partial charge is 0.266 e. The second kappa shape index (κ2) is 4.77. The topological polar surface area (TPSA) is 91.0 Å². The van der Waals surface area contributed by atoms with E-state index < -0.39 is 5.60 Å². The van der Waals surface area contributed by atoms with Crippen LogP contribution in [0.2, 0.25) is 0 Å². The zero-order valence-electron chi connectivity index (χ0n) is 12.0. The third kappa shape index (κ3) is 1.86. The second-order valence-corrected chi connectivity index (χ2v) is 6.58. The third-order valence-electron chi connectivity index (χ3n) is 4.22. The molecule has 22 heavy (non-hydrogen) atoms. The van der Waals surface area contributed by atoms with Crippen LogP contribution in [-0.4, -0.2) is 26.9 Å². The lowest BCUT2D eigenvalue weighted by Crippen LogP contribution is -2.38. The Hall–Kier alpha value is -1.96. The molecular formula is C15H15N3O3S. The monoisotopic (exact) mass is 317 g/mol. The lowest BCUT2D eigenvalue weighted by Gasteiger charge is -2.33. The summed E-state index contributed by atoms with van der Waals surface area (Å²) in [5, 5.41) is 18.3. The number of nitrogens with zero attached hydrogens (tertiary/aromatic N) is 1. The van der Waals surface area contributed by atoms with Gasteiger partial charge in [0, 0.05) is 27.6 Å². The number of aromatic amines is 2. The van der Waals surface area contributed by atoms with Gasteiger partial charge in [-0.3, -0.25) is 9.89 Å². The van der Waals surface area contributed by atoms with Gasteiger partial charge in [0.1, 0.15) is 10.3 Å². The summed E-state index contributed by atoms with van der Waals surface area (Å²) in [6.07, 6.45) is 4.01. The van der Waals surface area contributed by atoms with Gasteiger partial charge in [-0.25, -0.2) is 0 Å². The molecule has 6 nitrogen and oxygen atoms in total. The van der Waals surface area contributed by atoms with E-state index in [-0.39, 0.29) is 12.2 Å². The summed E-state index contributed by atoms with van der Waals surface area (Å²) >= 11 is 1.42. The number of hydrogen-bond acceptors (Lipinski definition) is 5. The number of thiophene rings is 1. The molecule has 0 radical (unpaired) electrons. The largest absolute Gasteiger partial charge is 0.381 e. The predicted molar refractivity (Wildman–Crippen MR) is 83.9 cm³/mol. The molecule has 0 aromatic carbocycles. The van der Waals surface area contributed by atoms with Gasteiger partial charge in [-0.2, -0.15) is 5.10 Å². The maximum absolute atomic E-state index is 12.4. The van der Waals surface area contributed by atoms with Gasteiger partial charge in [-0.05, 0) is 12.5 Å². The van der Waals surface area contributed by atoms with E-state index in [0.29, 0.717) is 23.4 Å². The number of aliphatic hydroxyl groups is 1. The SMILES string of the molecule is CC[C@@]1(O)COCc2c1[nH]c(=O)c1sc(-c3cn[nH]c3)cc21. The van der Waals surface area contributed by atoms with E-state index in [1.807, 2.05) is 13.0 Å². The van der Waals surface area contributed by atoms with Crippen LogP contribution in [0.1, 0.15) is 24.6 Å². The molecule has 3 N–H and O–H groups in total. The lowest BCUT2D eigenvalue weighted by molar-refractivity contribution is -0.0778. The van der Waals surface area contributed by atoms with Crippen molar-refractivity contribution in [3.8, 4) is 10.4 Å². The van der Waals surface area contributed by atoms with Crippen molar-refractivity contribution in [1.82, 2.24) is 15.2 Å². The van der Waals surface area contributed by atoms with Crippen molar-refractivity contribution < 1.29 is 9.84 Å². The zero-order valence-corrected chi connectivity index (χ0v) is 12.8. The summed E-state index contributed by atoms with van der Waals surface area (Å²) in [4.78, 5) is 16.3. The fraction of sp³-hybridized carbons (Fsp3) is 0.333. The molecule has 0 fully saturated rings. The van der Waals surface area contributed by atoms with Crippen LogP contribution in [0.5, 0.6) is 0 Å². The van der Waals surface area contributed by atoms with Gasteiger partial charge in [0.2, 0.25) is 0 Å². The van der Waals surface area contributed by atoms with E-state index >= 15 is 0 Å². The molecule has 1 atom stereocenters. The Kier molecular flexibility index (Phi) is 2.97. The molecule has 0 saturated heterocycles. The second-order valence-electron chi connectivity index (χ2n) is 5.53. The molecule has 1 aliphatic rings. The maximum Gasteiger partial charge on any atom is 0.266 e. The van der Waals surface area contributed by atoms with E-state index in [2.05, 4.69) is 15.2 Å². The number of H-pyrrole nitrogens is 2. The molecule has 0 saturated carbocycles. The van der Waals surface area contributed by atoms with Crippen LogP contribution < -0.4 is 5.56 Å². The Bertz CT molecular complexity index is 897. The van der Waals surface area contributed by atoms with Crippen molar-refractivity contribution in [1.29, 1.82) is 0 Å². The summed E-state index contributed by atoms with van der Waals surface area (Å²) in [7, 11) is 0. The molecule has 0 unspecified atom stereocenters. The first-order chi connectivity index (χ1) is 10.6. The van der Waals surface area contributed by atoms with Crippen LogP contribution >= 0.6 is 11.3 Å². The van der Waals surface area contributed by atoms with E-state index in [9.17, 15) is 9.90 Å². The Balaban J connectivity index is 2.01. The first kappa shape index (κ1) is 13.7. The number of hydrogen-bond donors (Lipinski definition) is 3. The van der Waals surface area contributed by atoms with E-state index in [0.717, 1.165) is 21.4 Å². The van der Waals surface area contributed by atoms with Crippen molar-refractivity contribution >= 4 is 21.4 Å². The minimum absolute atomic E-state index is 0.165. The van der Waals surface area contributed by atoms with Gasteiger partial charge in [0.15, 0.2) is 0 Å². The molecule has 4 rings (SSSR count). The number of aromatic nitrogens is 3. The van der Waals surface area contributed by atoms with Crippen LogP contribution in [0.25, 0.3) is 20.5 Å². The van der Waals surface area contributed by atoms with Crippen molar-refractivity contribution in [3.63, 3.8) is 0 Å². The van der Waals surface area contributed by atoms with Gasteiger partial charge in [0.05, 0.1) is 25.1 Å². The normalized spacial score (nSPS) is 21.2. The fourth-order valence-electron chi connectivity index (χ4n) is 2.91. The maximum atomic E-state index is 12.4. The highest BCUT2D eigenvalue weighted by molar-refractivity contribution is 7.22. The predicted octanol–water partition coefficient (Wildman–Crippen LogP) is 2.11. The first-order valence-corrected chi connectivity index (χ1v) is 7.92. The highest BCUT2D eigenvalue weighted by atomic mass is 32.1. The number of pyridine rings is 1. The van der Waals surface area contributed by atoms with Crippen molar-refractivity contribution in [2.24, 2.45) is 0 Å². The Morgan fingerprint density at radius 2 is 2.41 bits per heavy atom. The van der Waals surface area contributed by atoms with Gasteiger partial charge in [-0.1, -0.05) is 6.92 Å². The average Bonchev–Trinajstić information content (AvgIpc) is 3.17. The molecule has 0 aliphatic carbocycles. The van der Waals surface area contributed by atoms with Crippen molar-refractivity contribution in [3.05, 3.63) is 40.1 Å². The molecule has 1 aliphatic heterocycles. The van der Waals surface area contributed by atoms with Gasteiger partial charge in [0.25, 0.3) is 5.56 Å². The molecule has 0 spiro atoms. The van der Waals surface area contributed by atoms with Gasteiger partial charge in [-0.15, -0.1) is 11.3 Å². The summed E-state index contributed by atoms with van der Waals surface area (Å²) in [6.45, 7) is 2.48. The minimum atomic E-state index is -1.13. The Labute approximate surface area is 129 Å². The Morgan fingerprint density at radius 3 is 3.14 bits per heavy atom. The molecule has 3 aromatic heterocycles. The number of nitrogens with one attached hydrogen (secondary N) is 2. The average molecular weight is 317 g/mol. The zero-order chi connectivity index (χ0) is 15.3. The summed E-state index contributed by atoms with van der Waals surface area (Å²) in [5.41, 5.74) is 1.11. The molecule has 4 heterocycles. The van der Waals surface area contributed by atoms with Gasteiger partial charge >= 0.3 is 0 Å². The van der Waals surface area contributed by atoms with E-state index in [1.54, 1.807) is 12.4 Å². The van der Waals surface area contributed by atoms with Crippen LogP contribution in [0.15, 0.2) is 23.3 Å². The molecule has 7 heteroatoms. The highest BCUT2D eigenvalue weighted by Crippen LogP contribution is 2.38. The molecule has 3 aromatic rings. The quantitative estimate of drug-likeness (QED) is 0.675. The molecule has 114 valence electrons. The first-order valence-electron chi connectivity index (χ1n) is 7.11. The molecular weight excluding hydrogens is 302 g/mol. The Morgan fingerprint density at radius 1 is 1.55 bits per heavy atom. The number of ether oxygens (including phenoxy) is 1. The summed E-state index contributed by atoms with van der Waals surface area (Å²) in [5.74, 6) is 0. The van der Waals surface area contributed by atoms with E-state index in [4.69, 9.17) is 4.74 Å². The fourth-order valence-corrected chi connectivity index (χ4v) is 3.97. The summed E-state index contributed by atoms with van der Waals surface area (Å²) in [6, 6.07) is 1.98. The third-order valence-corrected chi connectivity index (χ3v) is 5.41. The standard InChI is InChI=1S/C15H15N3O3S/c1-2-15(20)7-21-6-10-9-3-11(8-4-16-17-5-8)22-12(9)14(19)18-13(10)15/h3-5,20H,2,6-7H2,1H3,(H,16,17)(H,18,19)/t15-/m1/s1.